The molecular weight excluding hydrogens is 880 g/mol. The predicted molar refractivity (Wildman–Crippen MR) is 293 cm³/mol. The molecular formula is C59H113N2O7P. The summed E-state index contributed by atoms with van der Waals surface area (Å²) < 4.78 is 30.2. The Morgan fingerprint density at radius 1 is 0.507 bits per heavy atom. The number of hydrogen-bond donors (Lipinski definition) is 1. The minimum Gasteiger partial charge on any atom is -0.756 e. The molecule has 69 heavy (non-hydrogen) atoms. The molecule has 9 nitrogen and oxygen atoms in total. The number of nitrogens with one attached hydrogen (secondary N) is 1. The van der Waals surface area contributed by atoms with Crippen molar-refractivity contribution in [1.29, 1.82) is 0 Å². The van der Waals surface area contributed by atoms with Gasteiger partial charge in [0.1, 0.15) is 19.3 Å². The van der Waals surface area contributed by atoms with Gasteiger partial charge in [0.05, 0.1) is 33.8 Å². The maximum Gasteiger partial charge on any atom is 0.306 e. The van der Waals surface area contributed by atoms with Crippen LogP contribution in [-0.2, 0) is 27.9 Å². The van der Waals surface area contributed by atoms with Gasteiger partial charge in [-0.3, -0.25) is 14.2 Å². The second kappa shape index (κ2) is 49.8. The Morgan fingerprint density at radius 3 is 1.29 bits per heavy atom. The first-order chi connectivity index (χ1) is 33.4. The van der Waals surface area contributed by atoms with Crippen molar-refractivity contribution in [2.45, 2.75) is 290 Å². The molecule has 0 aromatic heterocycles. The zero-order chi connectivity index (χ0) is 50.8. The number of rotatable bonds is 53. The van der Waals surface area contributed by atoms with E-state index in [2.05, 4.69) is 50.4 Å². The molecule has 0 fully saturated rings. The molecule has 0 radical (unpaired) electrons. The number of amides is 1. The van der Waals surface area contributed by atoms with Gasteiger partial charge in [-0.1, -0.05) is 244 Å². The molecule has 0 spiro atoms. The van der Waals surface area contributed by atoms with Crippen LogP contribution in [0.4, 0.5) is 0 Å². The lowest BCUT2D eigenvalue weighted by molar-refractivity contribution is -0.870. The summed E-state index contributed by atoms with van der Waals surface area (Å²) in [6.07, 6.45) is 58.2. The molecule has 0 saturated heterocycles. The molecule has 1 N–H and O–H groups in total. The van der Waals surface area contributed by atoms with Gasteiger partial charge in [-0.15, -0.1) is 0 Å². The quantitative estimate of drug-likeness (QED) is 0.0161. The zero-order valence-electron chi connectivity index (χ0n) is 46.3. The fourth-order valence-corrected chi connectivity index (χ4v) is 9.24. The Hall–Kier alpha value is -1.77. The summed E-state index contributed by atoms with van der Waals surface area (Å²) in [4.78, 5) is 39.8. The Kier molecular flexibility index (Phi) is 48.5. The highest BCUT2D eigenvalue weighted by Crippen LogP contribution is 2.38. The van der Waals surface area contributed by atoms with E-state index in [-0.39, 0.29) is 31.3 Å². The number of likely N-dealkylation sites (N-methyl/N-ethyl adjacent to an activating group) is 1. The molecule has 1 amide bonds. The largest absolute Gasteiger partial charge is 0.756 e. The molecule has 0 bridgehead atoms. The van der Waals surface area contributed by atoms with E-state index in [9.17, 15) is 19.0 Å². The van der Waals surface area contributed by atoms with Crippen molar-refractivity contribution in [3.63, 3.8) is 0 Å². The van der Waals surface area contributed by atoms with Crippen LogP contribution >= 0.6 is 7.82 Å². The minimum absolute atomic E-state index is 0.0253. The first-order valence-electron chi connectivity index (χ1n) is 29.3. The summed E-state index contributed by atoms with van der Waals surface area (Å²) in [7, 11) is 1.18. The van der Waals surface area contributed by atoms with Crippen LogP contribution in [0.5, 0.6) is 0 Å². The summed E-state index contributed by atoms with van der Waals surface area (Å²) in [6.45, 7) is 6.84. The lowest BCUT2D eigenvalue weighted by Gasteiger charge is -2.30. The molecule has 3 unspecified atom stereocenters. The van der Waals surface area contributed by atoms with E-state index >= 15 is 0 Å². The number of allylic oxidation sites excluding steroid dienone is 5. The maximum atomic E-state index is 13.5. The van der Waals surface area contributed by atoms with Gasteiger partial charge >= 0.3 is 5.97 Å². The summed E-state index contributed by atoms with van der Waals surface area (Å²) in [5, 5.41) is 3.01. The Bertz CT molecular complexity index is 1280. The molecule has 406 valence electrons. The van der Waals surface area contributed by atoms with Gasteiger partial charge in [0.2, 0.25) is 5.91 Å². The fourth-order valence-electron chi connectivity index (χ4n) is 8.51. The van der Waals surface area contributed by atoms with Crippen molar-refractivity contribution in [3.05, 3.63) is 36.5 Å². The van der Waals surface area contributed by atoms with Gasteiger partial charge in [0.15, 0.2) is 0 Å². The number of carbonyl (C=O) groups is 2. The summed E-state index contributed by atoms with van der Waals surface area (Å²) in [5.41, 5.74) is 0. The first-order valence-corrected chi connectivity index (χ1v) is 30.8. The number of esters is 1. The second-order valence-electron chi connectivity index (χ2n) is 21.2. The third-order valence-electron chi connectivity index (χ3n) is 13.1. The summed E-state index contributed by atoms with van der Waals surface area (Å²) in [6, 6.07) is -0.897. The SMILES string of the molecule is CCCCCCCCC/C=C/C=C/CCCCCC(=O)NC(COP(=O)([O-])OCC[N+](C)(C)C)C(/C=C/CCCCCCCCCCCCC)OC(=O)CCCCCCCCCCCCCCCC. The first kappa shape index (κ1) is 67.2. The lowest BCUT2D eigenvalue weighted by atomic mass is 10.0. The third-order valence-corrected chi connectivity index (χ3v) is 14.1. The van der Waals surface area contributed by atoms with Crippen LogP contribution < -0.4 is 10.2 Å². The topological polar surface area (TPSA) is 114 Å². The van der Waals surface area contributed by atoms with Crippen LogP contribution in [0.2, 0.25) is 0 Å². The van der Waals surface area contributed by atoms with Crippen molar-refractivity contribution in [3.8, 4) is 0 Å². The molecule has 0 rings (SSSR count). The van der Waals surface area contributed by atoms with Crippen molar-refractivity contribution < 1.29 is 37.3 Å². The highest BCUT2D eigenvalue weighted by atomic mass is 31.2. The number of ether oxygens (including phenoxy) is 1. The van der Waals surface area contributed by atoms with E-state index in [1.54, 1.807) is 0 Å². The highest BCUT2D eigenvalue weighted by Gasteiger charge is 2.27. The predicted octanol–water partition coefficient (Wildman–Crippen LogP) is 16.9. The van der Waals surface area contributed by atoms with Gasteiger partial charge in [-0.05, 0) is 57.4 Å². The maximum absolute atomic E-state index is 13.5. The Morgan fingerprint density at radius 2 is 0.870 bits per heavy atom. The molecule has 0 aliphatic rings. The average Bonchev–Trinajstić information content (AvgIpc) is 3.31. The van der Waals surface area contributed by atoms with Crippen molar-refractivity contribution in [2.24, 2.45) is 0 Å². The fraction of sp³-hybridized carbons (Fsp3) is 0.864. The van der Waals surface area contributed by atoms with E-state index in [0.29, 0.717) is 17.4 Å². The molecule has 0 aromatic carbocycles. The number of nitrogens with zero attached hydrogens (tertiary/aromatic N) is 1. The minimum atomic E-state index is -4.70. The highest BCUT2D eigenvalue weighted by molar-refractivity contribution is 7.45. The standard InChI is InChI=1S/C59H113N2O7P/c1-7-10-13-16-19-22-25-28-30-31-33-36-39-42-45-48-51-58(62)60-56(55-67-69(64,65)66-54-53-61(4,5)6)57(50-47-44-41-38-35-32-27-24-21-18-15-12-9-3)68-59(63)52-49-46-43-40-37-34-29-26-23-20-17-14-11-8-2/h30-31,33,36,47,50,56-57H,7-29,32,34-35,37-46,48-49,51-55H2,1-6H3,(H-,60,62,64,65)/b31-30+,36-33+,50-47+. The zero-order valence-corrected chi connectivity index (χ0v) is 47.2. The summed E-state index contributed by atoms with van der Waals surface area (Å²) in [5.74, 6) is -0.561. The Balaban J connectivity index is 5.39. The van der Waals surface area contributed by atoms with E-state index in [1.165, 1.54) is 173 Å². The van der Waals surface area contributed by atoms with Crippen LogP contribution in [0.1, 0.15) is 278 Å². The third kappa shape index (κ3) is 51.0. The lowest BCUT2D eigenvalue weighted by Crippen LogP contribution is -2.47. The van der Waals surface area contributed by atoms with Gasteiger partial charge in [0, 0.05) is 12.8 Å². The Labute approximate surface area is 427 Å². The van der Waals surface area contributed by atoms with Gasteiger partial charge in [-0.2, -0.15) is 0 Å². The number of phosphoric acid groups is 1. The number of phosphoric ester groups is 1. The molecule has 0 aliphatic heterocycles. The van der Waals surface area contributed by atoms with Crippen LogP contribution in [0.3, 0.4) is 0 Å². The monoisotopic (exact) mass is 993 g/mol. The molecule has 0 saturated carbocycles. The smallest absolute Gasteiger partial charge is 0.306 e. The van der Waals surface area contributed by atoms with E-state index in [1.807, 2.05) is 33.3 Å². The van der Waals surface area contributed by atoms with Crippen molar-refractivity contribution in [2.75, 3.05) is 40.9 Å². The second-order valence-corrected chi connectivity index (χ2v) is 22.6. The van der Waals surface area contributed by atoms with Crippen molar-refractivity contribution in [1.82, 2.24) is 5.32 Å². The van der Waals surface area contributed by atoms with Crippen LogP contribution in [0.15, 0.2) is 36.5 Å². The van der Waals surface area contributed by atoms with Crippen LogP contribution in [0, 0.1) is 0 Å². The normalized spacial score (nSPS) is 14.0. The summed E-state index contributed by atoms with van der Waals surface area (Å²) >= 11 is 0. The number of carbonyl (C=O) groups excluding carboxylic acids is 2. The van der Waals surface area contributed by atoms with Crippen LogP contribution in [0.25, 0.3) is 0 Å². The van der Waals surface area contributed by atoms with E-state index < -0.39 is 26.6 Å². The van der Waals surface area contributed by atoms with Crippen molar-refractivity contribution >= 4 is 19.7 Å². The number of unbranched alkanes of at least 4 members (excludes halogenated alkanes) is 34. The van der Waals surface area contributed by atoms with E-state index in [4.69, 9.17) is 13.8 Å². The molecule has 3 atom stereocenters. The van der Waals surface area contributed by atoms with Gasteiger partial charge < -0.3 is 28.5 Å². The van der Waals surface area contributed by atoms with E-state index in [0.717, 1.165) is 64.2 Å². The molecule has 0 heterocycles. The number of hydrogen-bond acceptors (Lipinski definition) is 7. The molecule has 0 aromatic rings. The van der Waals surface area contributed by atoms with Gasteiger partial charge in [-0.25, -0.2) is 0 Å². The van der Waals surface area contributed by atoms with Gasteiger partial charge in [0.25, 0.3) is 7.82 Å². The molecule has 10 heteroatoms. The molecule has 0 aliphatic carbocycles. The number of quaternary nitrogens is 1. The average molecular weight is 994 g/mol. The van der Waals surface area contributed by atoms with Crippen LogP contribution in [-0.4, -0.2) is 69.4 Å².